The molecule has 0 atom stereocenters. The van der Waals surface area contributed by atoms with Crippen LogP contribution < -0.4 is 4.74 Å². The number of ether oxygens (including phenoxy) is 1. The summed E-state index contributed by atoms with van der Waals surface area (Å²) in [5, 5.41) is 0.585. The molecule has 18 heavy (non-hydrogen) atoms. The van der Waals surface area contributed by atoms with Crippen LogP contribution >= 0.6 is 27.5 Å². The van der Waals surface area contributed by atoms with Gasteiger partial charge in [0.15, 0.2) is 11.6 Å². The second kappa shape index (κ2) is 5.67. The van der Waals surface area contributed by atoms with Gasteiger partial charge in [-0.1, -0.05) is 17.7 Å². The third-order valence-corrected chi connectivity index (χ3v) is 3.13. The van der Waals surface area contributed by atoms with Gasteiger partial charge >= 0.3 is 0 Å². The van der Waals surface area contributed by atoms with Crippen molar-refractivity contribution < 1.29 is 13.5 Å². The Kier molecular flexibility index (Phi) is 4.19. The molecule has 2 aromatic rings. The number of halogens is 4. The lowest BCUT2D eigenvalue weighted by Gasteiger charge is -2.08. The first-order chi connectivity index (χ1) is 8.56. The van der Waals surface area contributed by atoms with Gasteiger partial charge in [0.25, 0.3) is 0 Å². The average Bonchev–Trinajstić information content (AvgIpc) is 2.32. The molecule has 0 N–H and O–H groups in total. The van der Waals surface area contributed by atoms with Crippen LogP contribution in [0, 0.1) is 11.6 Å². The molecule has 1 nitrogen and oxygen atoms in total. The zero-order chi connectivity index (χ0) is 13.1. The SMILES string of the molecule is Fc1ccc(COc2ccc(Cl)cc2Br)cc1F. The Labute approximate surface area is 116 Å². The maximum atomic E-state index is 13.0. The molecule has 94 valence electrons. The molecule has 0 saturated carbocycles. The van der Waals surface area contributed by atoms with E-state index >= 15 is 0 Å². The minimum absolute atomic E-state index is 0.150. The standard InChI is InChI=1S/C13H8BrClF2O/c14-10-6-9(15)2-4-13(10)18-7-8-1-3-11(16)12(17)5-8/h1-6H,7H2. The monoisotopic (exact) mass is 332 g/mol. The summed E-state index contributed by atoms with van der Waals surface area (Å²) in [6.45, 7) is 0.150. The highest BCUT2D eigenvalue weighted by atomic mass is 79.9. The van der Waals surface area contributed by atoms with Gasteiger partial charge in [-0.15, -0.1) is 0 Å². The van der Waals surface area contributed by atoms with Crippen molar-refractivity contribution in [1.82, 2.24) is 0 Å². The fourth-order valence-electron chi connectivity index (χ4n) is 1.38. The lowest BCUT2D eigenvalue weighted by Crippen LogP contribution is -1.97. The summed E-state index contributed by atoms with van der Waals surface area (Å²) < 4.78 is 31.9. The molecule has 0 unspecified atom stereocenters. The van der Waals surface area contributed by atoms with Crippen molar-refractivity contribution >= 4 is 27.5 Å². The van der Waals surface area contributed by atoms with Crippen LogP contribution in [0.3, 0.4) is 0 Å². The smallest absolute Gasteiger partial charge is 0.159 e. The molecule has 0 aliphatic rings. The lowest BCUT2D eigenvalue weighted by molar-refractivity contribution is 0.303. The second-order valence-corrected chi connectivity index (χ2v) is 4.90. The highest BCUT2D eigenvalue weighted by Crippen LogP contribution is 2.28. The number of rotatable bonds is 3. The molecular formula is C13H8BrClF2O. The van der Waals surface area contributed by atoms with E-state index in [0.29, 0.717) is 20.8 Å². The van der Waals surface area contributed by atoms with Crippen LogP contribution in [0.5, 0.6) is 5.75 Å². The summed E-state index contributed by atoms with van der Waals surface area (Å²) in [6, 6.07) is 8.74. The summed E-state index contributed by atoms with van der Waals surface area (Å²) in [6.07, 6.45) is 0. The van der Waals surface area contributed by atoms with E-state index in [1.165, 1.54) is 6.07 Å². The number of hydrogen-bond donors (Lipinski definition) is 0. The van der Waals surface area contributed by atoms with E-state index in [1.54, 1.807) is 18.2 Å². The van der Waals surface area contributed by atoms with Gasteiger partial charge in [-0.05, 0) is 51.8 Å². The predicted molar refractivity (Wildman–Crippen MR) is 69.8 cm³/mol. The summed E-state index contributed by atoms with van der Waals surface area (Å²) in [7, 11) is 0. The van der Waals surface area contributed by atoms with Crippen LogP contribution in [0.2, 0.25) is 5.02 Å². The first kappa shape index (κ1) is 13.3. The lowest BCUT2D eigenvalue weighted by atomic mass is 10.2. The topological polar surface area (TPSA) is 9.23 Å². The van der Waals surface area contributed by atoms with Gasteiger partial charge in [-0.3, -0.25) is 0 Å². The van der Waals surface area contributed by atoms with Crippen molar-refractivity contribution in [3.8, 4) is 5.75 Å². The Balaban J connectivity index is 2.09. The molecule has 0 heterocycles. The number of hydrogen-bond acceptors (Lipinski definition) is 1. The van der Waals surface area contributed by atoms with Crippen LogP contribution in [-0.2, 0) is 6.61 Å². The normalized spacial score (nSPS) is 10.4. The van der Waals surface area contributed by atoms with Crippen molar-refractivity contribution in [1.29, 1.82) is 0 Å². The Morgan fingerprint density at radius 3 is 2.50 bits per heavy atom. The first-order valence-corrected chi connectivity index (χ1v) is 6.25. The molecule has 0 fully saturated rings. The highest BCUT2D eigenvalue weighted by molar-refractivity contribution is 9.10. The fraction of sp³-hybridized carbons (Fsp3) is 0.0769. The van der Waals surface area contributed by atoms with Gasteiger partial charge < -0.3 is 4.74 Å². The first-order valence-electron chi connectivity index (χ1n) is 5.08. The van der Waals surface area contributed by atoms with Crippen molar-refractivity contribution in [3.63, 3.8) is 0 Å². The van der Waals surface area contributed by atoms with Crippen LogP contribution in [-0.4, -0.2) is 0 Å². The Hall–Kier alpha value is -1.13. The van der Waals surface area contributed by atoms with Gasteiger partial charge in [0.05, 0.1) is 4.47 Å². The zero-order valence-electron chi connectivity index (χ0n) is 9.09. The Morgan fingerprint density at radius 2 is 1.83 bits per heavy atom. The van der Waals surface area contributed by atoms with Gasteiger partial charge in [-0.2, -0.15) is 0 Å². The molecule has 0 aliphatic heterocycles. The molecule has 0 aliphatic carbocycles. The Bertz CT molecular complexity index is 575. The molecular weight excluding hydrogens is 325 g/mol. The van der Waals surface area contributed by atoms with Gasteiger partial charge in [0.1, 0.15) is 12.4 Å². The third-order valence-electron chi connectivity index (χ3n) is 2.27. The van der Waals surface area contributed by atoms with Crippen molar-refractivity contribution in [2.45, 2.75) is 6.61 Å². The maximum Gasteiger partial charge on any atom is 0.159 e. The van der Waals surface area contributed by atoms with Crippen LogP contribution in [0.25, 0.3) is 0 Å². The van der Waals surface area contributed by atoms with E-state index in [9.17, 15) is 8.78 Å². The van der Waals surface area contributed by atoms with Crippen LogP contribution in [0.1, 0.15) is 5.56 Å². The maximum absolute atomic E-state index is 13.0. The average molecular weight is 334 g/mol. The van der Waals surface area contributed by atoms with Crippen molar-refractivity contribution in [2.75, 3.05) is 0 Å². The van der Waals surface area contributed by atoms with E-state index in [1.807, 2.05) is 0 Å². The second-order valence-electron chi connectivity index (χ2n) is 3.61. The molecule has 0 amide bonds. The summed E-state index contributed by atoms with van der Waals surface area (Å²) in [4.78, 5) is 0. The number of benzene rings is 2. The van der Waals surface area contributed by atoms with Crippen molar-refractivity contribution in [2.24, 2.45) is 0 Å². The van der Waals surface area contributed by atoms with Crippen LogP contribution in [0.15, 0.2) is 40.9 Å². The van der Waals surface area contributed by atoms with Gasteiger partial charge in [-0.25, -0.2) is 8.78 Å². The summed E-state index contributed by atoms with van der Waals surface area (Å²) in [5.41, 5.74) is 0.552. The van der Waals surface area contributed by atoms with Crippen LogP contribution in [0.4, 0.5) is 8.78 Å². The minimum atomic E-state index is -0.883. The minimum Gasteiger partial charge on any atom is -0.488 e. The molecule has 0 saturated heterocycles. The van der Waals surface area contributed by atoms with E-state index in [0.717, 1.165) is 12.1 Å². The van der Waals surface area contributed by atoms with E-state index in [-0.39, 0.29) is 6.61 Å². The third kappa shape index (κ3) is 3.21. The molecule has 0 radical (unpaired) electrons. The van der Waals surface area contributed by atoms with E-state index in [4.69, 9.17) is 16.3 Å². The van der Waals surface area contributed by atoms with Crippen molar-refractivity contribution in [3.05, 3.63) is 63.1 Å². The highest BCUT2D eigenvalue weighted by Gasteiger charge is 2.05. The van der Waals surface area contributed by atoms with Gasteiger partial charge in [0.2, 0.25) is 0 Å². The van der Waals surface area contributed by atoms with Gasteiger partial charge in [0, 0.05) is 5.02 Å². The largest absolute Gasteiger partial charge is 0.488 e. The molecule has 0 bridgehead atoms. The Morgan fingerprint density at radius 1 is 1.06 bits per heavy atom. The predicted octanol–water partition coefficient (Wildman–Crippen LogP) is 4.96. The molecule has 5 heteroatoms. The summed E-state index contributed by atoms with van der Waals surface area (Å²) in [5.74, 6) is -1.16. The summed E-state index contributed by atoms with van der Waals surface area (Å²) >= 11 is 9.10. The molecule has 0 spiro atoms. The quantitative estimate of drug-likeness (QED) is 0.771. The molecule has 2 aromatic carbocycles. The molecule has 2 rings (SSSR count). The van der Waals surface area contributed by atoms with E-state index < -0.39 is 11.6 Å². The zero-order valence-corrected chi connectivity index (χ0v) is 11.4. The fourth-order valence-corrected chi connectivity index (χ4v) is 2.18. The van der Waals surface area contributed by atoms with E-state index in [2.05, 4.69) is 15.9 Å². The molecule has 0 aromatic heterocycles.